The van der Waals surface area contributed by atoms with Gasteiger partial charge in [0.1, 0.15) is 46.4 Å². The van der Waals surface area contributed by atoms with Crippen molar-refractivity contribution in [3.8, 4) is 11.5 Å². The molecule has 2 aromatic carbocycles. The predicted molar refractivity (Wildman–Crippen MR) is 254 cm³/mol. The summed E-state index contributed by atoms with van der Waals surface area (Å²) in [5.41, 5.74) is 7.97. The van der Waals surface area contributed by atoms with Gasteiger partial charge < -0.3 is 55.1 Å². The normalized spacial score (nSPS) is 19.1. The predicted octanol–water partition coefficient (Wildman–Crippen LogP) is 6.74. The minimum absolute atomic E-state index is 0.00598. The van der Waals surface area contributed by atoms with Crippen molar-refractivity contribution < 1.29 is 43.9 Å². The molecule has 0 bridgehead atoms. The third-order valence-electron chi connectivity index (χ3n) is 11.4. The molecule has 0 spiro atoms. The summed E-state index contributed by atoms with van der Waals surface area (Å²) in [6, 6.07) is 15.8. The second-order valence-corrected chi connectivity index (χ2v) is 19.1. The molecule has 67 heavy (non-hydrogen) atoms. The average Bonchev–Trinajstić information content (AvgIpc) is 4.18. The fraction of sp³-hybridized carbons (Fsp3) is 0.542. The van der Waals surface area contributed by atoms with Crippen LogP contribution in [0.25, 0.3) is 0 Å². The van der Waals surface area contributed by atoms with Gasteiger partial charge in [-0.15, -0.1) is 0 Å². The number of ether oxygens (including phenoxy) is 4. The number of halogens is 2. The van der Waals surface area contributed by atoms with E-state index in [0.29, 0.717) is 64.0 Å². The summed E-state index contributed by atoms with van der Waals surface area (Å²) in [6.07, 6.45) is 9.15. The Kier molecular flexibility index (Phi) is 17.6. The maximum absolute atomic E-state index is 12.3. The molecule has 2 unspecified atom stereocenters. The second kappa shape index (κ2) is 22.9. The number of hydrogen-bond donors (Lipinski definition) is 5. The number of aliphatic hydroxyl groups is 2. The van der Waals surface area contributed by atoms with Crippen LogP contribution < -0.4 is 30.3 Å². The van der Waals surface area contributed by atoms with Gasteiger partial charge in [-0.1, -0.05) is 47.5 Å². The van der Waals surface area contributed by atoms with Crippen molar-refractivity contribution in [1.29, 1.82) is 0 Å². The zero-order chi connectivity index (χ0) is 48.5. The van der Waals surface area contributed by atoms with Crippen molar-refractivity contribution in [2.45, 2.75) is 141 Å². The number of nitrogens with two attached hydrogens (primary N) is 1. The van der Waals surface area contributed by atoms with E-state index in [0.717, 1.165) is 55.6 Å². The average molecular weight is 968 g/mol. The highest BCUT2D eigenvalue weighted by Gasteiger charge is 2.31. The van der Waals surface area contributed by atoms with Crippen LogP contribution in [0.3, 0.4) is 0 Å². The van der Waals surface area contributed by atoms with Crippen LogP contribution in [0.5, 0.6) is 11.5 Å². The molecule has 1 amide bonds. The number of amides is 1. The number of carbonyl (C=O) groups is 2. The van der Waals surface area contributed by atoms with E-state index in [4.69, 9.17) is 53.0 Å². The Balaban J connectivity index is 0.000000204. The summed E-state index contributed by atoms with van der Waals surface area (Å²) in [7, 11) is 0. The number of carbonyl (C=O) groups excluding carboxylic acids is 1. The Morgan fingerprint density at radius 1 is 0.701 bits per heavy atom. The molecule has 2 saturated carbocycles. The largest absolute Gasteiger partial charge is 0.489 e. The smallest absolute Gasteiger partial charge is 0.310 e. The molecule has 0 radical (unpaired) electrons. The summed E-state index contributed by atoms with van der Waals surface area (Å²) < 4.78 is 23.0. The minimum Gasteiger partial charge on any atom is -0.489 e. The molecular weight excluding hydrogens is 903 g/mol. The Morgan fingerprint density at radius 2 is 1.10 bits per heavy atom. The summed E-state index contributed by atoms with van der Waals surface area (Å²) in [4.78, 5) is 44.5. The molecule has 2 aliphatic heterocycles. The number of anilines is 2. The lowest BCUT2D eigenvalue weighted by Crippen LogP contribution is -2.29. The zero-order valence-corrected chi connectivity index (χ0v) is 40.5. The van der Waals surface area contributed by atoms with E-state index in [1.165, 1.54) is 25.5 Å². The maximum Gasteiger partial charge on any atom is 0.310 e. The number of nitrogens with one attached hydrogen (secondary N) is 1. The topological polar surface area (TPSA) is 228 Å². The van der Waals surface area contributed by atoms with Crippen LogP contribution in [0, 0.1) is 0 Å². The van der Waals surface area contributed by atoms with Crippen molar-refractivity contribution in [2.24, 2.45) is 5.73 Å². The first kappa shape index (κ1) is 51.5. The molecule has 19 heteroatoms. The number of carboxylic acids is 1. The van der Waals surface area contributed by atoms with E-state index < -0.39 is 23.5 Å². The minimum atomic E-state index is -1.28. The van der Waals surface area contributed by atoms with Gasteiger partial charge in [0, 0.05) is 38.0 Å². The zero-order valence-electron chi connectivity index (χ0n) is 39.0. The van der Waals surface area contributed by atoms with Gasteiger partial charge in [0.25, 0.3) is 0 Å². The van der Waals surface area contributed by atoms with Crippen LogP contribution in [-0.4, -0.2) is 109 Å². The Labute approximate surface area is 402 Å². The molecule has 6 N–H and O–H groups in total. The lowest BCUT2D eigenvalue weighted by Gasteiger charge is -2.21. The van der Waals surface area contributed by atoms with Crippen molar-refractivity contribution in [1.82, 2.24) is 25.3 Å². The highest BCUT2D eigenvalue weighted by molar-refractivity contribution is 6.33. The van der Waals surface area contributed by atoms with Crippen molar-refractivity contribution in [2.75, 3.05) is 36.0 Å². The van der Waals surface area contributed by atoms with Gasteiger partial charge in [0.15, 0.2) is 23.2 Å². The van der Waals surface area contributed by atoms with E-state index in [1.54, 1.807) is 58.9 Å². The van der Waals surface area contributed by atoms with Crippen LogP contribution in [0.2, 0.25) is 10.0 Å². The number of carboxylic acid groups (broad SMARTS) is 1. The molecular formula is C48H64Cl2N8O9. The van der Waals surface area contributed by atoms with Crippen molar-refractivity contribution in [3.05, 3.63) is 93.7 Å². The highest BCUT2D eigenvalue weighted by atomic mass is 35.5. The van der Waals surface area contributed by atoms with Crippen LogP contribution in [0.1, 0.15) is 114 Å². The first-order chi connectivity index (χ1) is 31.7. The molecule has 17 nitrogen and oxygen atoms in total. The third kappa shape index (κ3) is 16.1. The quantitative estimate of drug-likeness (QED) is 0.0690. The summed E-state index contributed by atoms with van der Waals surface area (Å²) in [5.74, 6) is -1.36. The number of aromatic nitrogens is 4. The molecule has 4 fully saturated rings. The van der Waals surface area contributed by atoms with Crippen LogP contribution in [0.15, 0.2) is 61.2 Å². The molecule has 364 valence electrons. The van der Waals surface area contributed by atoms with E-state index in [2.05, 4.69) is 30.2 Å². The first-order valence-corrected chi connectivity index (χ1v) is 23.5. The van der Waals surface area contributed by atoms with Gasteiger partial charge in [0.2, 0.25) is 5.91 Å². The molecule has 2 saturated heterocycles. The standard InChI is InChI=1S/C24H31ClN4O4.C21H26ClN3O5.C3H7N/c1-15(23(30)28-17-6-7-17)16-4-8-18(9-5-16)33-19-10-11-29(12-19)22-21(25)20(26-14-27-22)13-32-24(2,3)31;1-13(20(26)27)14-4-6-15(7-5-14)30-16-8-9-25(10-16)19-18(22)17(23-12-24-19)11-29-21(2,3)28;4-3-1-2-3/h4-5,8-9,14-15,17,19,31H,6-7,10-13H2,1-3H3,(H,28,30);4-7,12-13,16,28H,8-11H2,1-3H3,(H,26,27);3H,1-2,4H2/t15?,19-;13?,16-;/m11./s1. The molecule has 4 atom stereocenters. The van der Waals surface area contributed by atoms with Crippen molar-refractivity contribution >= 4 is 46.7 Å². The van der Waals surface area contributed by atoms with E-state index in [9.17, 15) is 19.8 Å². The van der Waals surface area contributed by atoms with Crippen LogP contribution in [0.4, 0.5) is 11.6 Å². The molecule has 2 aliphatic carbocycles. The fourth-order valence-corrected chi connectivity index (χ4v) is 7.50. The van der Waals surface area contributed by atoms with Crippen molar-refractivity contribution in [3.63, 3.8) is 0 Å². The van der Waals surface area contributed by atoms with Gasteiger partial charge in [-0.3, -0.25) is 9.59 Å². The number of rotatable bonds is 17. The molecule has 4 aromatic rings. The monoisotopic (exact) mass is 966 g/mol. The molecule has 4 aliphatic rings. The van der Waals surface area contributed by atoms with Crippen LogP contribution >= 0.6 is 23.2 Å². The van der Waals surface area contributed by atoms with E-state index in [1.807, 2.05) is 36.1 Å². The number of aliphatic carboxylic acids is 1. The molecule has 4 heterocycles. The maximum atomic E-state index is 12.3. The lowest BCUT2D eigenvalue weighted by atomic mass is 10.0. The molecule has 8 rings (SSSR count). The lowest BCUT2D eigenvalue weighted by molar-refractivity contribution is -0.184. The van der Waals surface area contributed by atoms with Gasteiger partial charge in [-0.2, -0.15) is 0 Å². The third-order valence-corrected chi connectivity index (χ3v) is 12.1. The summed E-state index contributed by atoms with van der Waals surface area (Å²) in [5, 5.41) is 32.5. The van der Waals surface area contributed by atoms with E-state index >= 15 is 0 Å². The number of hydrogen-bond acceptors (Lipinski definition) is 15. The Hall–Kier alpha value is -4.88. The van der Waals surface area contributed by atoms with Gasteiger partial charge in [-0.25, -0.2) is 19.9 Å². The molecule has 2 aromatic heterocycles. The Bertz CT molecular complexity index is 2250. The number of benzene rings is 2. The van der Waals surface area contributed by atoms with Crippen LogP contribution in [-0.2, 0) is 32.3 Å². The highest BCUT2D eigenvalue weighted by Crippen LogP contribution is 2.33. The number of nitrogens with zero attached hydrogens (tertiary/aromatic N) is 6. The van der Waals surface area contributed by atoms with Gasteiger partial charge >= 0.3 is 5.97 Å². The van der Waals surface area contributed by atoms with E-state index in [-0.39, 0.29) is 37.2 Å². The fourth-order valence-electron chi connectivity index (χ4n) is 6.96. The van der Waals surface area contributed by atoms with Gasteiger partial charge in [0.05, 0.1) is 49.5 Å². The first-order valence-electron chi connectivity index (χ1n) is 22.8. The summed E-state index contributed by atoms with van der Waals surface area (Å²) >= 11 is 13.0. The SMILES string of the molecule is CC(C(=O)NC1CC1)c1ccc(O[C@@H]2CCN(c3ncnc(COC(C)(C)O)c3Cl)C2)cc1.CC(C(=O)O)c1ccc(O[C@@H]2CCN(c3ncnc(COC(C)(C)O)c3Cl)C2)cc1.NC1CC1. The second-order valence-electron chi connectivity index (χ2n) is 18.4. The van der Waals surface area contributed by atoms with Gasteiger partial charge in [-0.05, 0) is 103 Å². The Morgan fingerprint density at radius 3 is 1.46 bits per heavy atom. The summed E-state index contributed by atoms with van der Waals surface area (Å²) in [6.45, 7) is 12.7.